The molecular formula is C24H21F3N2O3. The van der Waals surface area contributed by atoms with E-state index in [1.54, 1.807) is 6.07 Å². The molecule has 1 aromatic heterocycles. The molecule has 0 radical (unpaired) electrons. The number of aromatic nitrogens is 1. The van der Waals surface area contributed by atoms with E-state index in [-0.39, 0.29) is 5.69 Å². The van der Waals surface area contributed by atoms with Gasteiger partial charge in [0.15, 0.2) is 6.61 Å². The number of esters is 1. The van der Waals surface area contributed by atoms with Gasteiger partial charge in [0.05, 0.1) is 16.6 Å². The highest BCUT2D eigenvalue weighted by Crippen LogP contribution is 2.32. The highest BCUT2D eigenvalue weighted by molar-refractivity contribution is 6.06. The minimum atomic E-state index is -4.46. The lowest BCUT2D eigenvalue weighted by atomic mass is 9.84. The summed E-state index contributed by atoms with van der Waals surface area (Å²) in [6.07, 6.45) is -1.99. The van der Waals surface area contributed by atoms with Crippen LogP contribution >= 0.6 is 0 Å². The second-order valence-corrected chi connectivity index (χ2v) is 7.98. The number of rotatable bonds is 4. The van der Waals surface area contributed by atoms with E-state index in [9.17, 15) is 22.8 Å². The Hall–Kier alpha value is -3.42. The van der Waals surface area contributed by atoms with Crippen LogP contribution in [0.1, 0.15) is 40.5 Å². The number of hydrogen-bond acceptors (Lipinski definition) is 4. The summed E-state index contributed by atoms with van der Waals surface area (Å²) < 4.78 is 43.3. The van der Waals surface area contributed by atoms with Gasteiger partial charge >= 0.3 is 12.1 Å². The molecule has 0 saturated heterocycles. The van der Waals surface area contributed by atoms with Gasteiger partial charge in [-0.15, -0.1) is 0 Å². The number of pyridine rings is 1. The summed E-state index contributed by atoms with van der Waals surface area (Å²) in [7, 11) is 0. The summed E-state index contributed by atoms with van der Waals surface area (Å²) in [6.45, 7) is 1.56. The molecule has 0 fully saturated rings. The Morgan fingerprint density at radius 3 is 2.56 bits per heavy atom. The van der Waals surface area contributed by atoms with E-state index in [1.165, 1.54) is 0 Å². The van der Waals surface area contributed by atoms with Crippen LogP contribution in [-0.4, -0.2) is 23.5 Å². The van der Waals surface area contributed by atoms with Crippen LogP contribution in [0.25, 0.3) is 10.9 Å². The zero-order valence-electron chi connectivity index (χ0n) is 17.3. The van der Waals surface area contributed by atoms with Gasteiger partial charge in [0, 0.05) is 16.8 Å². The summed E-state index contributed by atoms with van der Waals surface area (Å²) in [5.74, 6) is -0.852. The van der Waals surface area contributed by atoms with Gasteiger partial charge in [0.25, 0.3) is 5.91 Å². The second-order valence-electron chi connectivity index (χ2n) is 7.98. The number of benzene rings is 2. The summed E-state index contributed by atoms with van der Waals surface area (Å²) in [5.41, 5.74) is 2.23. The summed E-state index contributed by atoms with van der Waals surface area (Å²) in [4.78, 5) is 29.9. The fraction of sp³-hybridized carbons (Fsp3) is 0.292. The third-order valence-electron chi connectivity index (χ3n) is 5.54. The number of halogens is 3. The molecule has 0 aliphatic heterocycles. The zero-order valence-corrected chi connectivity index (χ0v) is 17.3. The van der Waals surface area contributed by atoms with Crippen LogP contribution in [0.2, 0.25) is 0 Å². The Labute approximate surface area is 182 Å². The average Bonchev–Trinajstić information content (AvgIpc) is 2.75. The third kappa shape index (κ3) is 4.59. The lowest BCUT2D eigenvalue weighted by Gasteiger charge is -2.24. The number of nitrogens with zero attached hydrogens (tertiary/aromatic N) is 1. The van der Waals surface area contributed by atoms with E-state index in [2.05, 4.69) is 12.2 Å². The standard InChI is InChI=1S/C24H21F3N2O3/c1-14-6-11-20-18(12-14)22(17-4-2-3-5-19(17)29-20)23(31)32-13-21(30)28-16-9-7-15(8-10-16)24(25,26)27/h2-5,7-10,14H,6,11-13H2,1H3,(H,28,30). The number of para-hydroxylation sites is 1. The first-order valence-corrected chi connectivity index (χ1v) is 10.3. The monoisotopic (exact) mass is 442 g/mol. The smallest absolute Gasteiger partial charge is 0.416 e. The molecule has 166 valence electrons. The quantitative estimate of drug-likeness (QED) is 0.566. The Kier molecular flexibility index (Phi) is 5.86. The van der Waals surface area contributed by atoms with Gasteiger partial charge in [-0.25, -0.2) is 4.79 Å². The molecule has 1 aliphatic carbocycles. The maximum Gasteiger partial charge on any atom is 0.416 e. The number of hydrogen-bond donors (Lipinski definition) is 1. The van der Waals surface area contributed by atoms with Crippen LogP contribution < -0.4 is 5.32 Å². The van der Waals surface area contributed by atoms with Gasteiger partial charge < -0.3 is 10.1 Å². The van der Waals surface area contributed by atoms with E-state index in [4.69, 9.17) is 9.72 Å². The van der Waals surface area contributed by atoms with Crippen molar-refractivity contribution in [3.63, 3.8) is 0 Å². The van der Waals surface area contributed by atoms with E-state index in [0.717, 1.165) is 48.4 Å². The van der Waals surface area contributed by atoms with Crippen LogP contribution in [0.5, 0.6) is 0 Å². The van der Waals surface area contributed by atoms with Gasteiger partial charge in [-0.05, 0) is 61.1 Å². The fourth-order valence-corrected chi connectivity index (χ4v) is 3.94. The van der Waals surface area contributed by atoms with Crippen molar-refractivity contribution in [2.24, 2.45) is 5.92 Å². The minimum absolute atomic E-state index is 0.180. The number of fused-ring (bicyclic) bond motifs is 2. The lowest BCUT2D eigenvalue weighted by molar-refractivity contribution is -0.137. The average molecular weight is 442 g/mol. The number of nitrogens with one attached hydrogen (secondary N) is 1. The maximum absolute atomic E-state index is 13.0. The molecule has 0 spiro atoms. The molecule has 5 nitrogen and oxygen atoms in total. The maximum atomic E-state index is 13.0. The summed E-state index contributed by atoms with van der Waals surface area (Å²) >= 11 is 0. The molecule has 1 unspecified atom stereocenters. The van der Waals surface area contributed by atoms with Crippen molar-refractivity contribution in [1.29, 1.82) is 0 Å². The first-order valence-electron chi connectivity index (χ1n) is 10.3. The Balaban J connectivity index is 1.50. The van der Waals surface area contributed by atoms with Crippen LogP contribution in [-0.2, 0) is 28.5 Å². The first kappa shape index (κ1) is 21.8. The van der Waals surface area contributed by atoms with Crippen molar-refractivity contribution < 1.29 is 27.5 Å². The number of ether oxygens (including phenoxy) is 1. The third-order valence-corrected chi connectivity index (χ3v) is 5.54. The minimum Gasteiger partial charge on any atom is -0.452 e. The van der Waals surface area contributed by atoms with Gasteiger partial charge in [0.1, 0.15) is 0 Å². The topological polar surface area (TPSA) is 68.3 Å². The number of aryl methyl sites for hydroxylation is 1. The van der Waals surface area contributed by atoms with E-state index < -0.39 is 30.2 Å². The molecule has 0 bridgehead atoms. The largest absolute Gasteiger partial charge is 0.452 e. The van der Waals surface area contributed by atoms with Crippen molar-refractivity contribution in [2.75, 3.05) is 11.9 Å². The lowest BCUT2D eigenvalue weighted by Crippen LogP contribution is -2.23. The zero-order chi connectivity index (χ0) is 22.9. The molecule has 4 rings (SSSR count). The Bertz CT molecular complexity index is 1170. The van der Waals surface area contributed by atoms with Crippen molar-refractivity contribution in [3.8, 4) is 0 Å². The normalized spacial score (nSPS) is 15.8. The van der Waals surface area contributed by atoms with Crippen LogP contribution in [0.4, 0.5) is 18.9 Å². The van der Waals surface area contributed by atoms with Gasteiger partial charge in [-0.1, -0.05) is 25.1 Å². The molecule has 8 heteroatoms. The molecule has 1 atom stereocenters. The van der Waals surface area contributed by atoms with E-state index in [1.807, 2.05) is 18.2 Å². The number of carbonyl (C=O) groups excluding carboxylic acids is 2. The molecule has 1 N–H and O–H groups in total. The number of anilines is 1. The number of amides is 1. The molecular weight excluding hydrogens is 421 g/mol. The molecule has 1 aliphatic rings. The predicted octanol–water partition coefficient (Wildman–Crippen LogP) is 5.17. The van der Waals surface area contributed by atoms with Crippen molar-refractivity contribution in [2.45, 2.75) is 32.4 Å². The number of carbonyl (C=O) groups is 2. The van der Waals surface area contributed by atoms with Crippen molar-refractivity contribution >= 4 is 28.5 Å². The van der Waals surface area contributed by atoms with E-state index >= 15 is 0 Å². The predicted molar refractivity (Wildman–Crippen MR) is 113 cm³/mol. The molecule has 2 aromatic carbocycles. The Morgan fingerprint density at radius 1 is 1.12 bits per heavy atom. The molecule has 0 saturated carbocycles. The fourth-order valence-electron chi connectivity index (χ4n) is 3.94. The summed E-state index contributed by atoms with van der Waals surface area (Å²) in [5, 5.41) is 3.11. The van der Waals surface area contributed by atoms with Crippen LogP contribution in [0, 0.1) is 5.92 Å². The first-order chi connectivity index (χ1) is 15.2. The van der Waals surface area contributed by atoms with Gasteiger partial charge in [0.2, 0.25) is 0 Å². The highest BCUT2D eigenvalue weighted by Gasteiger charge is 2.30. The highest BCUT2D eigenvalue weighted by atomic mass is 19.4. The molecule has 3 aromatic rings. The van der Waals surface area contributed by atoms with Gasteiger partial charge in [-0.3, -0.25) is 9.78 Å². The summed E-state index contributed by atoms with van der Waals surface area (Å²) in [6, 6.07) is 11.3. The molecule has 1 amide bonds. The molecule has 32 heavy (non-hydrogen) atoms. The van der Waals surface area contributed by atoms with Crippen molar-refractivity contribution in [3.05, 3.63) is 70.9 Å². The van der Waals surface area contributed by atoms with Crippen molar-refractivity contribution in [1.82, 2.24) is 4.98 Å². The van der Waals surface area contributed by atoms with Gasteiger partial charge in [-0.2, -0.15) is 13.2 Å². The number of alkyl halides is 3. The van der Waals surface area contributed by atoms with E-state index in [0.29, 0.717) is 28.8 Å². The second kappa shape index (κ2) is 8.61. The SMILES string of the molecule is CC1CCc2nc3ccccc3c(C(=O)OCC(=O)Nc3ccc(C(F)(F)F)cc3)c2C1. The Morgan fingerprint density at radius 2 is 1.84 bits per heavy atom. The van der Waals surface area contributed by atoms with Crippen LogP contribution in [0.3, 0.4) is 0 Å². The van der Waals surface area contributed by atoms with Crippen LogP contribution in [0.15, 0.2) is 48.5 Å². The molecule has 1 heterocycles.